The van der Waals surface area contributed by atoms with Gasteiger partial charge in [-0.15, -0.1) is 0 Å². The molecule has 1 rings (SSSR count). The smallest absolute Gasteiger partial charge is 0.122 e. The fraction of sp³-hybridized carbons (Fsp3) is 0.562. The van der Waals surface area contributed by atoms with Crippen molar-refractivity contribution < 1.29 is 0 Å². The van der Waals surface area contributed by atoms with Crippen LogP contribution in [0.25, 0.3) is 0 Å². The monoisotopic (exact) mass is 278 g/mol. The summed E-state index contributed by atoms with van der Waals surface area (Å²) in [4.78, 5) is 0. The molecule has 1 aromatic rings. The van der Waals surface area contributed by atoms with E-state index in [9.17, 15) is 5.26 Å². The van der Waals surface area contributed by atoms with Gasteiger partial charge in [0.2, 0.25) is 0 Å². The Balaban J connectivity index is 2.49. The molecule has 1 atom stereocenters. The van der Waals surface area contributed by atoms with Crippen molar-refractivity contribution in [2.45, 2.75) is 57.9 Å². The Bertz CT molecular complexity index is 425. The lowest BCUT2D eigenvalue weighted by Gasteiger charge is -2.24. The second-order valence-corrected chi connectivity index (χ2v) is 5.68. The van der Waals surface area contributed by atoms with Crippen molar-refractivity contribution in [3.05, 3.63) is 29.3 Å². The molecule has 1 aromatic carbocycles. The number of rotatable bonds is 8. The highest BCUT2D eigenvalue weighted by atomic mass is 35.5. The van der Waals surface area contributed by atoms with Gasteiger partial charge in [0.15, 0.2) is 0 Å². The Labute approximate surface area is 121 Å². The molecule has 0 fully saturated rings. The van der Waals surface area contributed by atoms with Gasteiger partial charge in [0.25, 0.3) is 0 Å². The van der Waals surface area contributed by atoms with Crippen LogP contribution in [-0.4, -0.2) is 5.54 Å². The molecule has 2 nitrogen and oxygen atoms in total. The molecule has 0 spiro atoms. The van der Waals surface area contributed by atoms with Gasteiger partial charge in [-0.05, 0) is 31.5 Å². The Kier molecular flexibility index (Phi) is 6.73. The third-order valence-electron chi connectivity index (χ3n) is 3.27. The highest BCUT2D eigenvalue weighted by Crippen LogP contribution is 2.23. The predicted molar refractivity (Wildman–Crippen MR) is 82.5 cm³/mol. The van der Waals surface area contributed by atoms with Crippen molar-refractivity contribution >= 4 is 17.3 Å². The van der Waals surface area contributed by atoms with Gasteiger partial charge < -0.3 is 5.32 Å². The zero-order chi connectivity index (χ0) is 14.1. The van der Waals surface area contributed by atoms with Crippen LogP contribution in [0.1, 0.15) is 52.4 Å². The van der Waals surface area contributed by atoms with Crippen molar-refractivity contribution in [1.82, 2.24) is 0 Å². The molecule has 0 aliphatic heterocycles. The second-order valence-electron chi connectivity index (χ2n) is 5.24. The number of anilines is 1. The Hall–Kier alpha value is -1.20. The molecule has 0 saturated carbocycles. The normalized spacial score (nSPS) is 13.6. The van der Waals surface area contributed by atoms with E-state index in [0.29, 0.717) is 5.02 Å². The SMILES string of the molecule is CCCCCCCC(C)(C#N)Nc1cccc(Cl)c1. The summed E-state index contributed by atoms with van der Waals surface area (Å²) >= 11 is 5.96. The van der Waals surface area contributed by atoms with Crippen LogP contribution in [0, 0.1) is 11.3 Å². The first-order valence-corrected chi connectivity index (χ1v) is 7.42. The van der Waals surface area contributed by atoms with Crippen LogP contribution < -0.4 is 5.32 Å². The molecule has 104 valence electrons. The molecule has 0 aromatic heterocycles. The molecular formula is C16H23ClN2. The fourth-order valence-corrected chi connectivity index (χ4v) is 2.30. The first-order valence-electron chi connectivity index (χ1n) is 7.04. The maximum Gasteiger partial charge on any atom is 0.122 e. The van der Waals surface area contributed by atoms with Crippen molar-refractivity contribution in [2.75, 3.05) is 5.32 Å². The Morgan fingerprint density at radius 3 is 2.63 bits per heavy atom. The molecule has 0 aliphatic carbocycles. The number of halogens is 1. The van der Waals surface area contributed by atoms with E-state index in [1.165, 1.54) is 25.7 Å². The lowest BCUT2D eigenvalue weighted by Crippen LogP contribution is -2.32. The molecule has 0 saturated heterocycles. The summed E-state index contributed by atoms with van der Waals surface area (Å²) in [7, 11) is 0. The van der Waals surface area contributed by atoms with Crippen LogP contribution in [0.4, 0.5) is 5.69 Å². The number of benzene rings is 1. The Morgan fingerprint density at radius 1 is 1.26 bits per heavy atom. The number of unbranched alkanes of at least 4 members (excludes halogenated alkanes) is 4. The van der Waals surface area contributed by atoms with Crippen LogP contribution in [0.5, 0.6) is 0 Å². The van der Waals surface area contributed by atoms with Gasteiger partial charge in [-0.25, -0.2) is 0 Å². The van der Waals surface area contributed by atoms with Crippen molar-refractivity contribution in [1.29, 1.82) is 5.26 Å². The van der Waals surface area contributed by atoms with Crippen LogP contribution in [0.3, 0.4) is 0 Å². The summed E-state index contributed by atoms with van der Waals surface area (Å²) in [6, 6.07) is 9.91. The molecule has 0 aliphatic rings. The van der Waals surface area contributed by atoms with Crippen LogP contribution in [0.15, 0.2) is 24.3 Å². The number of hydrogen-bond donors (Lipinski definition) is 1. The van der Waals surface area contributed by atoms with Crippen LogP contribution in [0.2, 0.25) is 5.02 Å². The molecule has 0 bridgehead atoms. The first-order chi connectivity index (χ1) is 9.09. The standard InChI is InChI=1S/C16H23ClN2/c1-3-4-5-6-7-11-16(2,13-18)19-15-10-8-9-14(17)12-15/h8-10,12,19H,3-7,11H2,1-2H3. The first kappa shape index (κ1) is 15.9. The maximum atomic E-state index is 9.37. The zero-order valence-electron chi connectivity index (χ0n) is 11.9. The third kappa shape index (κ3) is 5.98. The predicted octanol–water partition coefficient (Wildman–Crippen LogP) is 5.39. The van der Waals surface area contributed by atoms with Gasteiger partial charge in [0.05, 0.1) is 6.07 Å². The summed E-state index contributed by atoms with van der Waals surface area (Å²) < 4.78 is 0. The fourth-order valence-electron chi connectivity index (χ4n) is 2.11. The van der Waals surface area contributed by atoms with Crippen LogP contribution >= 0.6 is 11.6 Å². The van der Waals surface area contributed by atoms with E-state index in [1.54, 1.807) is 0 Å². The minimum atomic E-state index is -0.517. The molecule has 0 heterocycles. The summed E-state index contributed by atoms with van der Waals surface area (Å²) in [6.07, 6.45) is 6.93. The average molecular weight is 279 g/mol. The van der Waals surface area contributed by atoms with Gasteiger partial charge in [-0.2, -0.15) is 5.26 Å². The third-order valence-corrected chi connectivity index (χ3v) is 3.51. The molecule has 0 amide bonds. The van der Waals surface area contributed by atoms with E-state index in [2.05, 4.69) is 18.3 Å². The highest BCUT2D eigenvalue weighted by molar-refractivity contribution is 6.30. The second kappa shape index (κ2) is 8.07. The van der Waals surface area contributed by atoms with Gasteiger partial charge >= 0.3 is 0 Å². The Morgan fingerprint density at radius 2 is 2.00 bits per heavy atom. The molecule has 1 unspecified atom stereocenters. The molecule has 19 heavy (non-hydrogen) atoms. The van der Waals surface area contributed by atoms with E-state index >= 15 is 0 Å². The van der Waals surface area contributed by atoms with Crippen molar-refractivity contribution in [3.63, 3.8) is 0 Å². The lowest BCUT2D eigenvalue weighted by atomic mass is 9.95. The minimum Gasteiger partial charge on any atom is -0.368 e. The van der Waals surface area contributed by atoms with E-state index < -0.39 is 5.54 Å². The van der Waals surface area contributed by atoms with Gasteiger partial charge in [-0.1, -0.05) is 56.7 Å². The topological polar surface area (TPSA) is 35.8 Å². The summed E-state index contributed by atoms with van der Waals surface area (Å²) in [5.41, 5.74) is 0.391. The van der Waals surface area contributed by atoms with Crippen LogP contribution in [-0.2, 0) is 0 Å². The maximum absolute atomic E-state index is 9.37. The average Bonchev–Trinajstić information content (AvgIpc) is 2.38. The molecule has 0 radical (unpaired) electrons. The highest BCUT2D eigenvalue weighted by Gasteiger charge is 2.22. The minimum absolute atomic E-state index is 0.517. The van der Waals surface area contributed by atoms with Crippen molar-refractivity contribution in [3.8, 4) is 6.07 Å². The number of hydrogen-bond acceptors (Lipinski definition) is 2. The van der Waals surface area contributed by atoms with Gasteiger partial charge in [0.1, 0.15) is 5.54 Å². The van der Waals surface area contributed by atoms with Crippen molar-refractivity contribution in [2.24, 2.45) is 0 Å². The van der Waals surface area contributed by atoms with Gasteiger partial charge in [-0.3, -0.25) is 0 Å². The number of nitrogens with zero attached hydrogens (tertiary/aromatic N) is 1. The van der Waals surface area contributed by atoms with E-state index in [-0.39, 0.29) is 0 Å². The largest absolute Gasteiger partial charge is 0.368 e. The van der Waals surface area contributed by atoms with Gasteiger partial charge in [0, 0.05) is 10.7 Å². The van der Waals surface area contributed by atoms with E-state index in [0.717, 1.165) is 18.5 Å². The van der Waals surface area contributed by atoms with E-state index in [1.807, 2.05) is 31.2 Å². The zero-order valence-corrected chi connectivity index (χ0v) is 12.6. The summed E-state index contributed by atoms with van der Waals surface area (Å²) in [6.45, 7) is 4.16. The number of nitrogens with one attached hydrogen (secondary N) is 1. The number of nitriles is 1. The summed E-state index contributed by atoms with van der Waals surface area (Å²) in [5, 5.41) is 13.4. The molecule has 3 heteroatoms. The quantitative estimate of drug-likeness (QED) is 0.647. The van der Waals surface area contributed by atoms with E-state index in [4.69, 9.17) is 11.6 Å². The molecule has 1 N–H and O–H groups in total. The molecular weight excluding hydrogens is 256 g/mol. The summed E-state index contributed by atoms with van der Waals surface area (Å²) in [5.74, 6) is 0. The lowest BCUT2D eigenvalue weighted by molar-refractivity contribution is 0.522.